The Balaban J connectivity index is 2.14. The summed E-state index contributed by atoms with van der Waals surface area (Å²) < 4.78 is 5.27. The number of nitrogens with two attached hydrogens (primary N) is 1. The van der Waals surface area contributed by atoms with E-state index in [1.807, 2.05) is 6.92 Å². The average Bonchev–Trinajstić information content (AvgIpc) is 2.30. The number of ether oxygens (including phenoxy) is 1. The minimum atomic E-state index is -0.122. The molecule has 6 heteroatoms. The lowest BCUT2D eigenvalue weighted by Crippen LogP contribution is -2.47. The molecule has 1 aliphatic rings. The fourth-order valence-electron chi connectivity index (χ4n) is 1.62. The fraction of sp³-hybridized carbons (Fsp3) is 0.500. The Morgan fingerprint density at radius 2 is 2.38 bits per heavy atom. The van der Waals surface area contributed by atoms with Crippen molar-refractivity contribution in [2.45, 2.75) is 13.0 Å². The molecule has 0 aromatic carbocycles. The van der Waals surface area contributed by atoms with Gasteiger partial charge in [-0.25, -0.2) is 9.97 Å². The maximum Gasteiger partial charge on any atom is 0.274 e. The number of hydrogen-bond acceptors (Lipinski definition) is 5. The summed E-state index contributed by atoms with van der Waals surface area (Å²) >= 11 is 0. The van der Waals surface area contributed by atoms with Gasteiger partial charge in [-0.05, 0) is 6.92 Å². The summed E-state index contributed by atoms with van der Waals surface area (Å²) in [6.07, 6.45) is 2.79. The Morgan fingerprint density at radius 3 is 3.00 bits per heavy atom. The predicted molar refractivity (Wildman–Crippen MR) is 57.8 cm³/mol. The SMILES string of the molecule is CC1COCCN1C(=O)c1cnc(N)cn1. The summed E-state index contributed by atoms with van der Waals surface area (Å²) in [6, 6.07) is 0.0700. The van der Waals surface area contributed by atoms with E-state index >= 15 is 0 Å². The minimum absolute atomic E-state index is 0.0700. The average molecular weight is 222 g/mol. The number of rotatable bonds is 1. The molecule has 86 valence electrons. The second-order valence-corrected chi connectivity index (χ2v) is 3.75. The van der Waals surface area contributed by atoms with E-state index in [4.69, 9.17) is 10.5 Å². The quantitative estimate of drug-likeness (QED) is 0.718. The summed E-state index contributed by atoms with van der Waals surface area (Å²) in [4.78, 5) is 21.6. The van der Waals surface area contributed by atoms with Gasteiger partial charge in [-0.3, -0.25) is 4.79 Å². The van der Waals surface area contributed by atoms with Crippen LogP contribution in [0.4, 0.5) is 5.82 Å². The smallest absolute Gasteiger partial charge is 0.274 e. The molecule has 0 saturated carbocycles. The van der Waals surface area contributed by atoms with Gasteiger partial charge in [-0.2, -0.15) is 0 Å². The number of nitrogen functional groups attached to an aromatic ring is 1. The zero-order valence-electron chi connectivity index (χ0n) is 9.09. The molecule has 2 heterocycles. The Hall–Kier alpha value is -1.69. The first-order valence-corrected chi connectivity index (χ1v) is 5.14. The van der Waals surface area contributed by atoms with Crippen molar-refractivity contribution >= 4 is 11.7 Å². The van der Waals surface area contributed by atoms with Crippen LogP contribution in [-0.4, -0.2) is 46.6 Å². The molecule has 0 bridgehead atoms. The first kappa shape index (κ1) is 10.8. The summed E-state index contributed by atoms with van der Waals surface area (Å²) in [5, 5.41) is 0. The molecule has 1 fully saturated rings. The van der Waals surface area contributed by atoms with Crippen LogP contribution in [0.5, 0.6) is 0 Å². The molecule has 1 atom stereocenters. The molecule has 6 nitrogen and oxygen atoms in total. The van der Waals surface area contributed by atoms with Gasteiger partial charge in [0.25, 0.3) is 5.91 Å². The number of aromatic nitrogens is 2. The van der Waals surface area contributed by atoms with Crippen LogP contribution in [0.15, 0.2) is 12.4 Å². The van der Waals surface area contributed by atoms with Crippen molar-refractivity contribution in [3.63, 3.8) is 0 Å². The van der Waals surface area contributed by atoms with Crippen molar-refractivity contribution < 1.29 is 9.53 Å². The second-order valence-electron chi connectivity index (χ2n) is 3.75. The number of morpholine rings is 1. The topological polar surface area (TPSA) is 81.3 Å². The molecule has 0 radical (unpaired) electrons. The van der Waals surface area contributed by atoms with E-state index in [1.165, 1.54) is 12.4 Å². The molecular formula is C10H14N4O2. The summed E-state index contributed by atoms with van der Waals surface area (Å²) in [7, 11) is 0. The third kappa shape index (κ3) is 2.11. The van der Waals surface area contributed by atoms with Crippen LogP contribution < -0.4 is 5.73 Å². The number of anilines is 1. The van der Waals surface area contributed by atoms with Gasteiger partial charge in [0, 0.05) is 6.54 Å². The van der Waals surface area contributed by atoms with Crippen molar-refractivity contribution in [1.29, 1.82) is 0 Å². The van der Waals surface area contributed by atoms with Crippen LogP contribution in [-0.2, 0) is 4.74 Å². The molecule has 1 saturated heterocycles. The highest BCUT2D eigenvalue weighted by molar-refractivity contribution is 5.92. The summed E-state index contributed by atoms with van der Waals surface area (Å²) in [6.45, 7) is 3.67. The first-order valence-electron chi connectivity index (χ1n) is 5.14. The Kier molecular flexibility index (Phi) is 3.00. The normalized spacial score (nSPS) is 20.8. The van der Waals surface area contributed by atoms with E-state index in [-0.39, 0.29) is 11.9 Å². The van der Waals surface area contributed by atoms with E-state index in [0.717, 1.165) is 0 Å². The maximum atomic E-state index is 12.0. The second kappa shape index (κ2) is 4.44. The monoisotopic (exact) mass is 222 g/mol. The van der Waals surface area contributed by atoms with Gasteiger partial charge in [-0.15, -0.1) is 0 Å². The molecule has 1 amide bonds. The molecule has 0 aliphatic carbocycles. The highest BCUT2D eigenvalue weighted by atomic mass is 16.5. The van der Waals surface area contributed by atoms with Crippen molar-refractivity contribution in [2.75, 3.05) is 25.5 Å². The van der Waals surface area contributed by atoms with Crippen LogP contribution in [0.25, 0.3) is 0 Å². The number of nitrogens with zero attached hydrogens (tertiary/aromatic N) is 3. The molecule has 16 heavy (non-hydrogen) atoms. The largest absolute Gasteiger partial charge is 0.382 e. The van der Waals surface area contributed by atoms with Crippen molar-refractivity contribution in [2.24, 2.45) is 0 Å². The van der Waals surface area contributed by atoms with Gasteiger partial charge in [-0.1, -0.05) is 0 Å². The predicted octanol–water partition coefficient (Wildman–Crippen LogP) is -0.0803. The van der Waals surface area contributed by atoms with Gasteiger partial charge in [0.05, 0.1) is 31.6 Å². The maximum absolute atomic E-state index is 12.0. The number of carbonyl (C=O) groups excluding carboxylic acids is 1. The molecule has 1 unspecified atom stereocenters. The minimum Gasteiger partial charge on any atom is -0.382 e. The third-order valence-corrected chi connectivity index (χ3v) is 2.52. The lowest BCUT2D eigenvalue weighted by molar-refractivity contribution is 0.00325. The van der Waals surface area contributed by atoms with E-state index in [1.54, 1.807) is 4.90 Å². The zero-order valence-corrected chi connectivity index (χ0v) is 9.09. The van der Waals surface area contributed by atoms with E-state index in [9.17, 15) is 4.79 Å². The highest BCUT2D eigenvalue weighted by Crippen LogP contribution is 2.10. The Morgan fingerprint density at radius 1 is 1.56 bits per heavy atom. The van der Waals surface area contributed by atoms with Gasteiger partial charge in [0.1, 0.15) is 11.5 Å². The van der Waals surface area contributed by atoms with Crippen LogP contribution in [0.3, 0.4) is 0 Å². The molecule has 0 spiro atoms. The van der Waals surface area contributed by atoms with Crippen LogP contribution >= 0.6 is 0 Å². The molecular weight excluding hydrogens is 208 g/mol. The Bertz CT molecular complexity index is 379. The van der Waals surface area contributed by atoms with Crippen LogP contribution in [0.1, 0.15) is 17.4 Å². The van der Waals surface area contributed by atoms with Gasteiger partial charge in [0.15, 0.2) is 0 Å². The highest BCUT2D eigenvalue weighted by Gasteiger charge is 2.25. The van der Waals surface area contributed by atoms with Crippen molar-refractivity contribution in [3.8, 4) is 0 Å². The van der Waals surface area contributed by atoms with Crippen molar-refractivity contribution in [3.05, 3.63) is 18.1 Å². The first-order chi connectivity index (χ1) is 7.68. The molecule has 1 aromatic rings. The van der Waals surface area contributed by atoms with Gasteiger partial charge >= 0.3 is 0 Å². The van der Waals surface area contributed by atoms with Gasteiger partial charge in [0.2, 0.25) is 0 Å². The molecule has 2 N–H and O–H groups in total. The van der Waals surface area contributed by atoms with E-state index in [2.05, 4.69) is 9.97 Å². The van der Waals surface area contributed by atoms with E-state index in [0.29, 0.717) is 31.3 Å². The molecule has 1 aromatic heterocycles. The lowest BCUT2D eigenvalue weighted by atomic mass is 10.2. The fourth-order valence-corrected chi connectivity index (χ4v) is 1.62. The van der Waals surface area contributed by atoms with Gasteiger partial charge < -0.3 is 15.4 Å². The van der Waals surface area contributed by atoms with Crippen molar-refractivity contribution in [1.82, 2.24) is 14.9 Å². The number of hydrogen-bond donors (Lipinski definition) is 1. The molecule has 2 rings (SSSR count). The van der Waals surface area contributed by atoms with Crippen LogP contribution in [0.2, 0.25) is 0 Å². The Labute approximate surface area is 93.4 Å². The summed E-state index contributed by atoms with van der Waals surface area (Å²) in [5.41, 5.74) is 5.74. The lowest BCUT2D eigenvalue weighted by Gasteiger charge is -2.32. The standard InChI is InChI=1S/C10H14N4O2/c1-7-6-16-3-2-14(7)10(15)8-4-13-9(11)5-12-8/h4-5,7H,2-3,6H2,1H3,(H2,11,13). The number of amides is 1. The van der Waals surface area contributed by atoms with Crippen LogP contribution in [0, 0.1) is 0 Å². The van der Waals surface area contributed by atoms with E-state index < -0.39 is 0 Å². The molecule has 1 aliphatic heterocycles. The number of carbonyl (C=O) groups is 1. The summed E-state index contributed by atoms with van der Waals surface area (Å²) in [5.74, 6) is 0.190. The third-order valence-electron chi connectivity index (χ3n) is 2.52. The zero-order chi connectivity index (χ0) is 11.5.